The Morgan fingerprint density at radius 1 is 1.43 bits per heavy atom. The van der Waals surface area contributed by atoms with Crippen molar-refractivity contribution in [1.29, 1.82) is 0 Å². The van der Waals surface area contributed by atoms with Crippen molar-refractivity contribution in [2.24, 2.45) is 0 Å². The summed E-state index contributed by atoms with van der Waals surface area (Å²) in [6.45, 7) is 5.53. The van der Waals surface area contributed by atoms with E-state index < -0.39 is 0 Å². The molecule has 1 atom stereocenters. The molecule has 0 aromatic carbocycles. The second kappa shape index (κ2) is 8.13. The fourth-order valence-corrected chi connectivity index (χ4v) is 3.79. The molecular formula is C15H23ClN2O2S. The van der Waals surface area contributed by atoms with Crippen LogP contribution in [0.15, 0.2) is 11.4 Å². The molecule has 2 rings (SSSR count). The van der Waals surface area contributed by atoms with Gasteiger partial charge in [-0.25, -0.2) is 0 Å². The van der Waals surface area contributed by atoms with Crippen molar-refractivity contribution >= 4 is 28.8 Å². The quantitative estimate of drug-likeness (QED) is 0.870. The first kappa shape index (κ1) is 16.7. The number of halogens is 1. The Hall–Kier alpha value is -0.620. The zero-order valence-electron chi connectivity index (χ0n) is 12.4. The van der Waals surface area contributed by atoms with Crippen molar-refractivity contribution < 1.29 is 9.90 Å². The van der Waals surface area contributed by atoms with Gasteiger partial charge in [0.1, 0.15) is 0 Å². The number of rotatable bonds is 6. The van der Waals surface area contributed by atoms with Crippen LogP contribution >= 0.6 is 22.9 Å². The summed E-state index contributed by atoms with van der Waals surface area (Å²) in [6, 6.07) is 2.17. The van der Waals surface area contributed by atoms with E-state index in [-0.39, 0.29) is 18.6 Å². The SMILES string of the molecule is CCC(CO)N1CCN(C(=O)CCc2cc(Cl)cs2)CC1. The number of hydrogen-bond acceptors (Lipinski definition) is 4. The zero-order chi connectivity index (χ0) is 15.2. The van der Waals surface area contributed by atoms with Gasteiger partial charge in [0.2, 0.25) is 5.91 Å². The summed E-state index contributed by atoms with van der Waals surface area (Å²) in [5.74, 6) is 0.219. The molecule has 1 amide bonds. The van der Waals surface area contributed by atoms with Gasteiger partial charge in [0.15, 0.2) is 0 Å². The Labute approximate surface area is 135 Å². The van der Waals surface area contributed by atoms with E-state index in [9.17, 15) is 9.90 Å². The van der Waals surface area contributed by atoms with Gasteiger partial charge in [-0.1, -0.05) is 18.5 Å². The number of carbonyl (C=O) groups is 1. The van der Waals surface area contributed by atoms with Crippen molar-refractivity contribution in [3.63, 3.8) is 0 Å². The Bertz CT molecular complexity index is 454. The van der Waals surface area contributed by atoms with Crippen LogP contribution in [-0.2, 0) is 11.2 Å². The minimum atomic E-state index is 0.198. The molecule has 1 unspecified atom stereocenters. The highest BCUT2D eigenvalue weighted by molar-refractivity contribution is 7.10. The Kier molecular flexibility index (Phi) is 6.48. The summed E-state index contributed by atoms with van der Waals surface area (Å²) in [7, 11) is 0. The predicted octanol–water partition coefficient (Wildman–Crippen LogP) is 2.25. The summed E-state index contributed by atoms with van der Waals surface area (Å²) in [4.78, 5) is 17.6. The van der Waals surface area contributed by atoms with Gasteiger partial charge in [0.25, 0.3) is 0 Å². The maximum absolute atomic E-state index is 12.2. The number of carbonyl (C=O) groups excluding carboxylic acids is 1. The molecule has 0 bridgehead atoms. The lowest BCUT2D eigenvalue weighted by molar-refractivity contribution is -0.133. The van der Waals surface area contributed by atoms with Crippen LogP contribution < -0.4 is 0 Å². The van der Waals surface area contributed by atoms with Gasteiger partial charge >= 0.3 is 0 Å². The Morgan fingerprint density at radius 3 is 2.67 bits per heavy atom. The second-order valence-electron chi connectivity index (χ2n) is 5.39. The van der Waals surface area contributed by atoms with Crippen LogP contribution in [0, 0.1) is 0 Å². The van der Waals surface area contributed by atoms with Crippen LogP contribution in [0.1, 0.15) is 24.6 Å². The molecule has 1 saturated heterocycles. The number of piperazine rings is 1. The molecule has 1 aliphatic heterocycles. The van der Waals surface area contributed by atoms with Crippen molar-refractivity contribution in [1.82, 2.24) is 9.80 Å². The van der Waals surface area contributed by atoms with Crippen molar-refractivity contribution in [2.75, 3.05) is 32.8 Å². The molecule has 1 fully saturated rings. The lowest BCUT2D eigenvalue weighted by atomic mass is 10.1. The summed E-state index contributed by atoms with van der Waals surface area (Å²) < 4.78 is 0. The zero-order valence-corrected chi connectivity index (χ0v) is 14.0. The van der Waals surface area contributed by atoms with Gasteiger partial charge in [-0.05, 0) is 18.9 Å². The first-order valence-corrected chi connectivity index (χ1v) is 8.75. The minimum absolute atomic E-state index is 0.198. The number of aryl methyl sites for hydroxylation is 1. The molecule has 0 saturated carbocycles. The lowest BCUT2D eigenvalue weighted by Crippen LogP contribution is -2.52. The van der Waals surface area contributed by atoms with E-state index in [2.05, 4.69) is 11.8 Å². The van der Waals surface area contributed by atoms with Gasteiger partial charge in [0.05, 0.1) is 11.6 Å². The molecular weight excluding hydrogens is 308 g/mol. The highest BCUT2D eigenvalue weighted by atomic mass is 35.5. The maximum Gasteiger partial charge on any atom is 0.223 e. The lowest BCUT2D eigenvalue weighted by Gasteiger charge is -2.38. The van der Waals surface area contributed by atoms with Crippen LogP contribution in [0.2, 0.25) is 5.02 Å². The molecule has 1 N–H and O–H groups in total. The molecule has 2 heterocycles. The third kappa shape index (κ3) is 4.68. The molecule has 0 aliphatic carbocycles. The van der Waals surface area contributed by atoms with Crippen LogP contribution in [0.5, 0.6) is 0 Å². The van der Waals surface area contributed by atoms with Gasteiger partial charge in [-0.3, -0.25) is 9.69 Å². The Morgan fingerprint density at radius 2 is 2.14 bits per heavy atom. The largest absolute Gasteiger partial charge is 0.395 e. The van der Waals surface area contributed by atoms with Gasteiger partial charge in [-0.15, -0.1) is 11.3 Å². The number of hydrogen-bond donors (Lipinski definition) is 1. The first-order chi connectivity index (χ1) is 10.1. The first-order valence-electron chi connectivity index (χ1n) is 7.49. The molecule has 1 aromatic rings. The summed E-state index contributed by atoms with van der Waals surface area (Å²) in [5.41, 5.74) is 0. The molecule has 4 nitrogen and oxygen atoms in total. The van der Waals surface area contributed by atoms with E-state index in [1.807, 2.05) is 16.3 Å². The van der Waals surface area contributed by atoms with E-state index in [0.717, 1.165) is 44.0 Å². The van der Waals surface area contributed by atoms with Crippen LogP contribution in [0.3, 0.4) is 0 Å². The fraction of sp³-hybridized carbons (Fsp3) is 0.667. The highest BCUT2D eigenvalue weighted by Crippen LogP contribution is 2.20. The fourth-order valence-electron chi connectivity index (χ4n) is 2.71. The van der Waals surface area contributed by atoms with Gasteiger partial charge < -0.3 is 10.0 Å². The molecule has 21 heavy (non-hydrogen) atoms. The van der Waals surface area contributed by atoms with Gasteiger partial charge in [-0.2, -0.15) is 0 Å². The molecule has 118 valence electrons. The third-order valence-corrected chi connectivity index (χ3v) is 5.42. The molecule has 0 spiro atoms. The van der Waals surface area contributed by atoms with Gasteiger partial charge in [0, 0.05) is 48.9 Å². The van der Waals surface area contributed by atoms with E-state index in [4.69, 9.17) is 11.6 Å². The highest BCUT2D eigenvalue weighted by Gasteiger charge is 2.24. The van der Waals surface area contributed by atoms with Crippen LogP contribution in [0.25, 0.3) is 0 Å². The van der Waals surface area contributed by atoms with Crippen molar-refractivity contribution in [3.8, 4) is 0 Å². The van der Waals surface area contributed by atoms with Crippen molar-refractivity contribution in [3.05, 3.63) is 21.3 Å². The number of aliphatic hydroxyl groups excluding tert-OH is 1. The third-order valence-electron chi connectivity index (χ3n) is 4.07. The molecule has 1 aromatic heterocycles. The van der Waals surface area contributed by atoms with E-state index in [0.29, 0.717) is 6.42 Å². The van der Waals surface area contributed by atoms with Crippen molar-refractivity contribution in [2.45, 2.75) is 32.2 Å². The second-order valence-corrected chi connectivity index (χ2v) is 6.82. The summed E-state index contributed by atoms with van der Waals surface area (Å²) in [5, 5.41) is 12.0. The van der Waals surface area contributed by atoms with Crippen LogP contribution in [0.4, 0.5) is 0 Å². The average Bonchev–Trinajstić information content (AvgIpc) is 2.92. The predicted molar refractivity (Wildman–Crippen MR) is 87.0 cm³/mol. The van der Waals surface area contributed by atoms with Crippen LogP contribution in [-0.4, -0.2) is 59.6 Å². The minimum Gasteiger partial charge on any atom is -0.395 e. The monoisotopic (exact) mass is 330 g/mol. The molecule has 1 aliphatic rings. The maximum atomic E-state index is 12.2. The number of aliphatic hydroxyl groups is 1. The molecule has 0 radical (unpaired) electrons. The van der Waals surface area contributed by atoms with E-state index >= 15 is 0 Å². The smallest absolute Gasteiger partial charge is 0.223 e. The summed E-state index contributed by atoms with van der Waals surface area (Å²) >= 11 is 7.50. The summed E-state index contributed by atoms with van der Waals surface area (Å²) in [6.07, 6.45) is 2.27. The Balaban J connectivity index is 1.75. The topological polar surface area (TPSA) is 43.8 Å². The van der Waals surface area contributed by atoms with E-state index in [1.54, 1.807) is 11.3 Å². The normalized spacial score (nSPS) is 18.0. The standard InChI is InChI=1S/C15H23ClN2O2S/c1-2-13(10-19)17-5-7-18(8-6-17)15(20)4-3-14-9-12(16)11-21-14/h9,11,13,19H,2-8,10H2,1H3. The average molecular weight is 331 g/mol. The number of amides is 1. The number of thiophene rings is 1. The number of nitrogens with zero attached hydrogens (tertiary/aromatic N) is 2. The van der Waals surface area contributed by atoms with E-state index in [1.165, 1.54) is 4.88 Å². The molecule has 6 heteroatoms.